The predicted molar refractivity (Wildman–Crippen MR) is 96.0 cm³/mol. The Morgan fingerprint density at radius 2 is 2.04 bits per heavy atom. The molecular formula is C17H14ClN3O2S. The van der Waals surface area contributed by atoms with Crippen molar-refractivity contribution in [3.8, 4) is 10.6 Å². The number of aromatic carboxylic acids is 1. The van der Waals surface area contributed by atoms with Gasteiger partial charge in [-0.05, 0) is 36.2 Å². The van der Waals surface area contributed by atoms with Crippen molar-refractivity contribution in [3.05, 3.63) is 64.3 Å². The minimum absolute atomic E-state index is 0.202. The van der Waals surface area contributed by atoms with Crippen molar-refractivity contribution in [2.75, 3.05) is 11.9 Å². The van der Waals surface area contributed by atoms with Crippen molar-refractivity contribution in [1.82, 2.24) is 9.97 Å². The normalized spacial score (nSPS) is 10.5. The number of anilines is 1. The van der Waals surface area contributed by atoms with Crippen LogP contribution in [0.5, 0.6) is 0 Å². The monoisotopic (exact) mass is 359 g/mol. The van der Waals surface area contributed by atoms with Crippen LogP contribution in [0.2, 0.25) is 5.02 Å². The lowest BCUT2D eigenvalue weighted by Gasteiger charge is -2.05. The molecule has 1 aromatic carbocycles. The zero-order chi connectivity index (χ0) is 16.9. The smallest absolute Gasteiger partial charge is 0.349 e. The van der Waals surface area contributed by atoms with Gasteiger partial charge >= 0.3 is 5.97 Å². The van der Waals surface area contributed by atoms with Crippen LogP contribution in [-0.2, 0) is 6.42 Å². The molecule has 0 saturated heterocycles. The maximum atomic E-state index is 11.4. The first-order valence-corrected chi connectivity index (χ1v) is 8.46. The number of aromatic nitrogens is 2. The van der Waals surface area contributed by atoms with Gasteiger partial charge in [-0.15, -0.1) is 11.3 Å². The Balaban J connectivity index is 1.75. The van der Waals surface area contributed by atoms with Gasteiger partial charge in [0.25, 0.3) is 0 Å². The molecule has 0 aliphatic carbocycles. The van der Waals surface area contributed by atoms with Crippen molar-refractivity contribution >= 4 is 34.7 Å². The molecule has 0 fully saturated rings. The summed E-state index contributed by atoms with van der Waals surface area (Å²) >= 11 is 7.11. The molecule has 0 aliphatic rings. The van der Waals surface area contributed by atoms with Gasteiger partial charge in [0.05, 0.1) is 0 Å². The maximum Gasteiger partial charge on any atom is 0.349 e. The summed E-state index contributed by atoms with van der Waals surface area (Å²) in [5, 5.41) is 13.8. The lowest BCUT2D eigenvalue weighted by molar-refractivity contribution is 0.0703. The molecule has 122 valence electrons. The number of carboxylic acid groups (broad SMARTS) is 1. The summed E-state index contributed by atoms with van der Waals surface area (Å²) < 4.78 is 0. The van der Waals surface area contributed by atoms with E-state index in [0.29, 0.717) is 22.4 Å². The van der Waals surface area contributed by atoms with E-state index < -0.39 is 5.97 Å². The number of hydrogen-bond acceptors (Lipinski definition) is 5. The maximum absolute atomic E-state index is 11.4. The first-order valence-electron chi connectivity index (χ1n) is 7.26. The number of nitrogens with zero attached hydrogens (tertiary/aromatic N) is 2. The Bertz CT molecular complexity index is 852. The van der Waals surface area contributed by atoms with Crippen LogP contribution in [-0.4, -0.2) is 27.6 Å². The number of halogens is 1. The number of pyridine rings is 1. The number of rotatable bonds is 6. The summed E-state index contributed by atoms with van der Waals surface area (Å²) in [6.07, 6.45) is 4.04. The van der Waals surface area contributed by atoms with Crippen molar-refractivity contribution < 1.29 is 9.90 Å². The molecule has 2 aromatic heterocycles. The molecular weight excluding hydrogens is 346 g/mol. The lowest BCUT2D eigenvalue weighted by Crippen LogP contribution is -2.08. The number of nitrogens with one attached hydrogen (secondary N) is 1. The van der Waals surface area contributed by atoms with Gasteiger partial charge in [-0.3, -0.25) is 4.98 Å². The first kappa shape index (κ1) is 16.4. The van der Waals surface area contributed by atoms with E-state index in [1.54, 1.807) is 24.5 Å². The summed E-state index contributed by atoms with van der Waals surface area (Å²) in [7, 11) is 0. The van der Waals surface area contributed by atoms with Gasteiger partial charge < -0.3 is 10.4 Å². The van der Waals surface area contributed by atoms with Crippen LogP contribution in [0.3, 0.4) is 0 Å². The van der Waals surface area contributed by atoms with E-state index in [-0.39, 0.29) is 4.88 Å². The van der Waals surface area contributed by atoms with Crippen molar-refractivity contribution in [3.63, 3.8) is 0 Å². The summed E-state index contributed by atoms with van der Waals surface area (Å²) in [5.74, 6) is -0.598. The molecule has 0 spiro atoms. The lowest BCUT2D eigenvalue weighted by atomic mass is 10.1. The topological polar surface area (TPSA) is 75.1 Å². The van der Waals surface area contributed by atoms with Gasteiger partial charge in [0, 0.05) is 29.5 Å². The average Bonchev–Trinajstić information content (AvgIpc) is 3.00. The largest absolute Gasteiger partial charge is 0.477 e. The van der Waals surface area contributed by atoms with E-state index in [1.165, 1.54) is 0 Å². The molecule has 0 atom stereocenters. The highest BCUT2D eigenvalue weighted by molar-refractivity contribution is 7.17. The molecule has 7 heteroatoms. The highest BCUT2D eigenvalue weighted by Crippen LogP contribution is 2.30. The van der Waals surface area contributed by atoms with Crippen LogP contribution in [0.1, 0.15) is 15.2 Å². The van der Waals surface area contributed by atoms with E-state index >= 15 is 0 Å². The predicted octanol–water partition coefficient (Wildman–Crippen LogP) is 4.21. The van der Waals surface area contributed by atoms with E-state index in [9.17, 15) is 9.90 Å². The summed E-state index contributed by atoms with van der Waals surface area (Å²) in [6.45, 7) is 0.570. The molecule has 2 N–H and O–H groups in total. The molecule has 3 rings (SSSR count). The third kappa shape index (κ3) is 3.90. The molecule has 3 aromatic rings. The third-order valence-corrected chi connectivity index (χ3v) is 4.67. The van der Waals surface area contributed by atoms with E-state index in [4.69, 9.17) is 11.6 Å². The summed E-state index contributed by atoms with van der Waals surface area (Å²) in [6, 6.07) is 11.2. The molecule has 0 radical (unpaired) electrons. The van der Waals surface area contributed by atoms with E-state index in [0.717, 1.165) is 28.9 Å². The SMILES string of the molecule is O=C(O)c1sc(-c2ccncc2)nc1NCCc1cccc(Cl)c1. The van der Waals surface area contributed by atoms with Gasteiger partial charge in [-0.1, -0.05) is 23.7 Å². The Kier molecular flexibility index (Phi) is 5.08. The van der Waals surface area contributed by atoms with Gasteiger partial charge in [0.1, 0.15) is 5.01 Å². The highest BCUT2D eigenvalue weighted by Gasteiger charge is 2.18. The zero-order valence-corrected chi connectivity index (χ0v) is 14.1. The minimum Gasteiger partial charge on any atom is -0.477 e. The van der Waals surface area contributed by atoms with Crippen molar-refractivity contribution in [1.29, 1.82) is 0 Å². The number of carbonyl (C=O) groups is 1. The fraction of sp³-hybridized carbons (Fsp3) is 0.118. The van der Waals surface area contributed by atoms with Gasteiger partial charge in [-0.2, -0.15) is 0 Å². The number of hydrogen-bond donors (Lipinski definition) is 2. The Morgan fingerprint density at radius 3 is 2.75 bits per heavy atom. The van der Waals surface area contributed by atoms with Crippen LogP contribution in [0.25, 0.3) is 10.6 Å². The Labute approximate surface area is 148 Å². The molecule has 0 bridgehead atoms. The van der Waals surface area contributed by atoms with Crippen molar-refractivity contribution in [2.24, 2.45) is 0 Å². The highest BCUT2D eigenvalue weighted by atomic mass is 35.5. The van der Waals surface area contributed by atoms with Crippen LogP contribution in [0.15, 0.2) is 48.8 Å². The summed E-state index contributed by atoms with van der Waals surface area (Å²) in [4.78, 5) is 20.0. The quantitative estimate of drug-likeness (QED) is 0.689. The molecule has 24 heavy (non-hydrogen) atoms. The summed E-state index contributed by atoms with van der Waals surface area (Å²) in [5.41, 5.74) is 1.93. The van der Waals surface area contributed by atoms with E-state index in [2.05, 4.69) is 15.3 Å². The molecule has 0 aliphatic heterocycles. The van der Waals surface area contributed by atoms with E-state index in [1.807, 2.05) is 24.3 Å². The van der Waals surface area contributed by atoms with Crippen LogP contribution in [0, 0.1) is 0 Å². The average molecular weight is 360 g/mol. The fourth-order valence-corrected chi connectivity index (χ4v) is 3.32. The molecule has 5 nitrogen and oxygen atoms in total. The van der Waals surface area contributed by atoms with Gasteiger partial charge in [0.2, 0.25) is 0 Å². The number of benzene rings is 1. The second kappa shape index (κ2) is 7.42. The molecule has 0 unspecified atom stereocenters. The molecule has 0 amide bonds. The second-order valence-electron chi connectivity index (χ2n) is 5.04. The standard InChI is InChI=1S/C17H14ClN3O2S/c18-13-3-1-2-11(10-13)4-9-20-15-14(17(22)23)24-16(21-15)12-5-7-19-8-6-12/h1-3,5-8,10,20H,4,9H2,(H,22,23). The number of carboxylic acids is 1. The Hall–Kier alpha value is -2.44. The van der Waals surface area contributed by atoms with Crippen LogP contribution in [0.4, 0.5) is 5.82 Å². The van der Waals surface area contributed by atoms with Crippen LogP contribution < -0.4 is 5.32 Å². The first-order chi connectivity index (χ1) is 11.6. The minimum atomic E-state index is -0.988. The Morgan fingerprint density at radius 1 is 1.25 bits per heavy atom. The van der Waals surface area contributed by atoms with Crippen molar-refractivity contribution in [2.45, 2.75) is 6.42 Å². The van der Waals surface area contributed by atoms with Gasteiger partial charge in [0.15, 0.2) is 10.7 Å². The number of thiazole rings is 1. The second-order valence-corrected chi connectivity index (χ2v) is 6.48. The fourth-order valence-electron chi connectivity index (χ4n) is 2.22. The zero-order valence-electron chi connectivity index (χ0n) is 12.6. The molecule has 2 heterocycles. The molecule has 0 saturated carbocycles. The van der Waals surface area contributed by atoms with Gasteiger partial charge in [-0.25, -0.2) is 9.78 Å². The third-order valence-electron chi connectivity index (χ3n) is 3.34. The van der Waals surface area contributed by atoms with Crippen LogP contribution >= 0.6 is 22.9 Å².